The van der Waals surface area contributed by atoms with Crippen LogP contribution in [-0.4, -0.2) is 33.1 Å². The molecule has 0 aliphatic rings. The molecule has 0 aliphatic carbocycles. The maximum atomic E-state index is 11.6. The number of carbonyl (C=O) groups is 1. The highest BCUT2D eigenvalue weighted by atomic mass is 32.1. The predicted molar refractivity (Wildman–Crippen MR) is 71.3 cm³/mol. The molecule has 0 aliphatic heterocycles. The second-order valence-corrected chi connectivity index (χ2v) is 5.20. The van der Waals surface area contributed by atoms with Crippen LogP contribution in [0.1, 0.15) is 40.2 Å². The molecule has 0 saturated heterocycles. The first kappa shape index (κ1) is 13.7. The molecule has 0 fully saturated rings. The number of hydrogen-bond donors (Lipinski definition) is 0. The number of ether oxygens (including phenoxy) is 1. The van der Waals surface area contributed by atoms with E-state index in [4.69, 9.17) is 4.74 Å². The van der Waals surface area contributed by atoms with Gasteiger partial charge in [-0.05, 0) is 13.3 Å². The van der Waals surface area contributed by atoms with Crippen molar-refractivity contribution in [3.63, 3.8) is 0 Å². The number of aromatic nitrogens is 4. The lowest BCUT2D eigenvalue weighted by Crippen LogP contribution is -2.10. The van der Waals surface area contributed by atoms with Crippen molar-refractivity contribution in [2.24, 2.45) is 0 Å². The van der Waals surface area contributed by atoms with Crippen LogP contribution in [0.3, 0.4) is 0 Å². The monoisotopic (exact) mass is 280 g/mol. The van der Waals surface area contributed by atoms with Crippen molar-refractivity contribution < 1.29 is 9.53 Å². The van der Waals surface area contributed by atoms with E-state index in [2.05, 4.69) is 15.3 Å². The predicted octanol–water partition coefficient (Wildman–Crippen LogP) is 1.83. The first-order valence-electron chi connectivity index (χ1n) is 6.07. The van der Waals surface area contributed by atoms with E-state index < -0.39 is 5.97 Å². The van der Waals surface area contributed by atoms with Gasteiger partial charge in [0.05, 0.1) is 30.1 Å². The highest BCUT2D eigenvalue weighted by Gasteiger charge is 2.20. The zero-order valence-corrected chi connectivity index (χ0v) is 12.0. The van der Waals surface area contributed by atoms with Crippen molar-refractivity contribution >= 4 is 17.3 Å². The Hall–Kier alpha value is -1.76. The molecule has 2 heterocycles. The van der Waals surface area contributed by atoms with Gasteiger partial charge in [0.15, 0.2) is 5.69 Å². The van der Waals surface area contributed by atoms with E-state index in [9.17, 15) is 4.79 Å². The highest BCUT2D eigenvalue weighted by molar-refractivity contribution is 7.09. The first-order valence-corrected chi connectivity index (χ1v) is 6.95. The Morgan fingerprint density at radius 1 is 1.53 bits per heavy atom. The molecule has 2 aromatic heterocycles. The molecular formula is C12H16N4O2S. The normalized spacial score (nSPS) is 10.7. The molecule has 0 radical (unpaired) electrons. The molecular weight excluding hydrogens is 264 g/mol. The lowest BCUT2D eigenvalue weighted by molar-refractivity contribution is 0.0592. The topological polar surface area (TPSA) is 69.9 Å². The molecule has 0 aromatic carbocycles. The van der Waals surface area contributed by atoms with Crippen molar-refractivity contribution in [3.05, 3.63) is 27.5 Å². The highest BCUT2D eigenvalue weighted by Crippen LogP contribution is 2.14. The van der Waals surface area contributed by atoms with Gasteiger partial charge >= 0.3 is 5.97 Å². The SMILES string of the molecule is CCCc1c(C(=O)OC)nnn1Cc1csc(C)n1. The van der Waals surface area contributed by atoms with Crippen molar-refractivity contribution in [3.8, 4) is 0 Å². The standard InChI is InChI=1S/C12H16N4O2S/c1-4-5-10-11(12(17)18-3)14-15-16(10)6-9-7-19-8(2)13-9/h7H,4-6H2,1-3H3. The fraction of sp³-hybridized carbons (Fsp3) is 0.500. The summed E-state index contributed by atoms with van der Waals surface area (Å²) < 4.78 is 6.45. The molecule has 102 valence electrons. The van der Waals surface area contributed by atoms with Gasteiger partial charge in [0.1, 0.15) is 0 Å². The lowest BCUT2D eigenvalue weighted by atomic mass is 10.2. The first-order chi connectivity index (χ1) is 9.15. The van der Waals surface area contributed by atoms with E-state index in [1.165, 1.54) is 7.11 Å². The van der Waals surface area contributed by atoms with Crippen LogP contribution in [0.4, 0.5) is 0 Å². The number of nitrogens with zero attached hydrogens (tertiary/aromatic N) is 4. The number of methoxy groups -OCH3 is 1. The molecule has 19 heavy (non-hydrogen) atoms. The van der Waals surface area contributed by atoms with Gasteiger partial charge in [-0.15, -0.1) is 16.4 Å². The molecule has 7 heteroatoms. The fourth-order valence-corrected chi connectivity index (χ4v) is 2.44. The second kappa shape index (κ2) is 5.92. The summed E-state index contributed by atoms with van der Waals surface area (Å²) in [7, 11) is 1.35. The van der Waals surface area contributed by atoms with E-state index in [0.29, 0.717) is 12.2 Å². The molecule has 0 bridgehead atoms. The van der Waals surface area contributed by atoms with Crippen LogP contribution in [0.2, 0.25) is 0 Å². The van der Waals surface area contributed by atoms with Crippen molar-refractivity contribution in [2.45, 2.75) is 33.2 Å². The summed E-state index contributed by atoms with van der Waals surface area (Å²) in [6.07, 6.45) is 1.65. The minimum atomic E-state index is -0.441. The van der Waals surface area contributed by atoms with Gasteiger partial charge in [-0.3, -0.25) is 0 Å². The summed E-state index contributed by atoms with van der Waals surface area (Å²) in [5.41, 5.74) is 2.04. The largest absolute Gasteiger partial charge is 0.464 e. The van der Waals surface area contributed by atoms with Crippen LogP contribution in [0.15, 0.2) is 5.38 Å². The average molecular weight is 280 g/mol. The second-order valence-electron chi connectivity index (χ2n) is 4.14. The van der Waals surface area contributed by atoms with E-state index in [0.717, 1.165) is 29.2 Å². The van der Waals surface area contributed by atoms with Crippen LogP contribution in [0.25, 0.3) is 0 Å². The molecule has 0 N–H and O–H groups in total. The van der Waals surface area contributed by atoms with Gasteiger partial charge in [0, 0.05) is 5.38 Å². The van der Waals surface area contributed by atoms with Gasteiger partial charge in [-0.25, -0.2) is 14.5 Å². The van der Waals surface area contributed by atoms with Crippen molar-refractivity contribution in [1.29, 1.82) is 0 Å². The van der Waals surface area contributed by atoms with Crippen molar-refractivity contribution in [2.75, 3.05) is 7.11 Å². The molecule has 6 nitrogen and oxygen atoms in total. The van der Waals surface area contributed by atoms with Crippen LogP contribution in [0.5, 0.6) is 0 Å². The fourth-order valence-electron chi connectivity index (χ4n) is 1.83. The van der Waals surface area contributed by atoms with Gasteiger partial charge in [0.25, 0.3) is 0 Å². The van der Waals surface area contributed by atoms with Gasteiger partial charge < -0.3 is 4.74 Å². The minimum absolute atomic E-state index is 0.302. The number of rotatable bonds is 5. The van der Waals surface area contributed by atoms with E-state index in [-0.39, 0.29) is 0 Å². The number of esters is 1. The Morgan fingerprint density at radius 2 is 2.32 bits per heavy atom. The number of thiazole rings is 1. The third-order valence-electron chi connectivity index (χ3n) is 2.68. The summed E-state index contributed by atoms with van der Waals surface area (Å²) in [6, 6.07) is 0. The Kier molecular flexibility index (Phi) is 4.26. The Morgan fingerprint density at radius 3 is 2.89 bits per heavy atom. The summed E-state index contributed by atoms with van der Waals surface area (Å²) in [5, 5.41) is 11.0. The van der Waals surface area contributed by atoms with Crippen molar-refractivity contribution in [1.82, 2.24) is 20.0 Å². The quantitative estimate of drug-likeness (QED) is 0.781. The summed E-state index contributed by atoms with van der Waals surface area (Å²) in [4.78, 5) is 16.0. The summed E-state index contributed by atoms with van der Waals surface area (Å²) in [5.74, 6) is -0.441. The Labute approximate surface area is 115 Å². The zero-order valence-electron chi connectivity index (χ0n) is 11.2. The molecule has 2 rings (SSSR count). The molecule has 0 amide bonds. The van der Waals surface area contributed by atoms with Gasteiger partial charge in [-0.1, -0.05) is 18.6 Å². The smallest absolute Gasteiger partial charge is 0.360 e. The molecule has 2 aromatic rings. The summed E-state index contributed by atoms with van der Waals surface area (Å²) >= 11 is 1.60. The van der Waals surface area contributed by atoms with Gasteiger partial charge in [0.2, 0.25) is 0 Å². The third-order valence-corrected chi connectivity index (χ3v) is 3.50. The molecule has 0 atom stereocenters. The minimum Gasteiger partial charge on any atom is -0.464 e. The van der Waals surface area contributed by atoms with Crippen LogP contribution >= 0.6 is 11.3 Å². The van der Waals surface area contributed by atoms with E-state index in [1.54, 1.807) is 16.0 Å². The zero-order chi connectivity index (χ0) is 13.8. The van der Waals surface area contributed by atoms with E-state index in [1.807, 2.05) is 19.2 Å². The van der Waals surface area contributed by atoms with Crippen LogP contribution < -0.4 is 0 Å². The Bertz CT molecular complexity index is 576. The number of carbonyl (C=O) groups excluding carboxylic acids is 1. The molecule has 0 saturated carbocycles. The molecule has 0 spiro atoms. The van der Waals surface area contributed by atoms with Gasteiger partial charge in [-0.2, -0.15) is 0 Å². The Balaban J connectivity index is 2.29. The van der Waals surface area contributed by atoms with E-state index >= 15 is 0 Å². The molecule has 0 unspecified atom stereocenters. The maximum absolute atomic E-state index is 11.6. The number of aryl methyl sites for hydroxylation is 1. The lowest BCUT2D eigenvalue weighted by Gasteiger charge is -2.04. The number of hydrogen-bond acceptors (Lipinski definition) is 6. The van der Waals surface area contributed by atoms with Crippen LogP contribution in [0, 0.1) is 6.92 Å². The maximum Gasteiger partial charge on any atom is 0.360 e. The average Bonchev–Trinajstić information content (AvgIpc) is 2.97. The summed E-state index contributed by atoms with van der Waals surface area (Å²) in [6.45, 7) is 4.54. The van der Waals surface area contributed by atoms with Crippen LogP contribution in [-0.2, 0) is 17.7 Å². The third kappa shape index (κ3) is 2.98.